The fourth-order valence-corrected chi connectivity index (χ4v) is 2.21. The van der Waals surface area contributed by atoms with E-state index in [-0.39, 0.29) is 18.4 Å². The molecule has 1 rings (SSSR count). The van der Waals surface area contributed by atoms with Gasteiger partial charge in [0.25, 0.3) is 5.91 Å². The molecule has 2 amide bonds. The molecule has 0 radical (unpaired) electrons. The van der Waals surface area contributed by atoms with E-state index in [2.05, 4.69) is 16.7 Å². The van der Waals surface area contributed by atoms with Gasteiger partial charge >= 0.3 is 0 Å². The molecule has 0 aliphatic heterocycles. The van der Waals surface area contributed by atoms with Gasteiger partial charge in [0.05, 0.1) is 20.7 Å². The highest BCUT2D eigenvalue weighted by atomic mass is 16.5. The molecule has 0 heterocycles. The van der Waals surface area contributed by atoms with Crippen molar-refractivity contribution in [3.63, 3.8) is 0 Å². The first-order valence-corrected chi connectivity index (χ1v) is 7.44. The van der Waals surface area contributed by atoms with Gasteiger partial charge in [-0.2, -0.15) is 0 Å². The molecule has 0 saturated carbocycles. The molecular formula is C16H26N3O3+. The molecule has 1 aromatic rings. The van der Waals surface area contributed by atoms with Gasteiger partial charge in [-0.25, -0.2) is 0 Å². The summed E-state index contributed by atoms with van der Waals surface area (Å²) in [7, 11) is 3.58. The summed E-state index contributed by atoms with van der Waals surface area (Å²) in [6.07, 6.45) is 0. The number of rotatable bonds is 8. The van der Waals surface area contributed by atoms with Crippen molar-refractivity contribution in [3.05, 3.63) is 29.3 Å². The van der Waals surface area contributed by atoms with Crippen molar-refractivity contribution >= 4 is 11.8 Å². The maximum absolute atomic E-state index is 11.8. The second-order valence-electron chi connectivity index (χ2n) is 5.36. The van der Waals surface area contributed by atoms with Crippen LogP contribution in [0.4, 0.5) is 0 Å². The van der Waals surface area contributed by atoms with Crippen LogP contribution in [0.15, 0.2) is 18.2 Å². The third-order valence-electron chi connectivity index (χ3n) is 3.21. The number of nitrogens with one attached hydrogen (secondary N) is 3. The summed E-state index contributed by atoms with van der Waals surface area (Å²) >= 11 is 0. The normalized spacial score (nSPS) is 11.6. The Morgan fingerprint density at radius 2 is 1.95 bits per heavy atom. The fraction of sp³-hybridized carbons (Fsp3) is 0.500. The monoisotopic (exact) mass is 308 g/mol. The molecule has 122 valence electrons. The molecule has 0 aliphatic rings. The quantitative estimate of drug-likeness (QED) is 0.593. The van der Waals surface area contributed by atoms with Crippen LogP contribution in [0.5, 0.6) is 5.75 Å². The van der Waals surface area contributed by atoms with Gasteiger partial charge < -0.3 is 20.3 Å². The van der Waals surface area contributed by atoms with Gasteiger partial charge in [-0.1, -0.05) is 11.6 Å². The maximum Gasteiger partial charge on any atom is 0.275 e. The van der Waals surface area contributed by atoms with Gasteiger partial charge in [-0.15, -0.1) is 0 Å². The van der Waals surface area contributed by atoms with Crippen molar-refractivity contribution in [2.24, 2.45) is 0 Å². The highest BCUT2D eigenvalue weighted by Gasteiger charge is 2.14. The van der Waals surface area contributed by atoms with Crippen LogP contribution in [0, 0.1) is 6.92 Å². The van der Waals surface area contributed by atoms with Gasteiger partial charge in [0.15, 0.2) is 6.54 Å². The number of carbonyl (C=O) groups excluding carboxylic acids is 2. The van der Waals surface area contributed by atoms with Crippen LogP contribution in [0.1, 0.15) is 18.1 Å². The summed E-state index contributed by atoms with van der Waals surface area (Å²) in [5.41, 5.74) is 2.22. The molecule has 6 nitrogen and oxygen atoms in total. The third kappa shape index (κ3) is 6.13. The van der Waals surface area contributed by atoms with Crippen LogP contribution in [0.2, 0.25) is 0 Å². The molecule has 0 fully saturated rings. The minimum absolute atomic E-state index is 0.0215. The number of hydrogen-bond acceptors (Lipinski definition) is 3. The number of carbonyl (C=O) groups is 2. The van der Waals surface area contributed by atoms with E-state index in [4.69, 9.17) is 4.74 Å². The minimum atomic E-state index is -0.172. The number of aryl methyl sites for hydroxylation is 1. The van der Waals surface area contributed by atoms with Crippen molar-refractivity contribution in [2.45, 2.75) is 20.4 Å². The SMILES string of the molecule is CCNC(=O)CNC(=O)C[NH+](C)Cc1cc(C)ccc1OC. The van der Waals surface area contributed by atoms with Crippen molar-refractivity contribution in [1.82, 2.24) is 10.6 Å². The number of hydrogen-bond donors (Lipinski definition) is 3. The summed E-state index contributed by atoms with van der Waals surface area (Å²) < 4.78 is 5.35. The van der Waals surface area contributed by atoms with Crippen LogP contribution in [-0.2, 0) is 16.1 Å². The second kappa shape index (κ2) is 9.04. The zero-order chi connectivity index (χ0) is 16.5. The van der Waals surface area contributed by atoms with E-state index in [1.807, 2.05) is 33.0 Å². The Labute approximate surface area is 131 Å². The third-order valence-corrected chi connectivity index (χ3v) is 3.21. The Hall–Kier alpha value is -2.08. The van der Waals surface area contributed by atoms with Crippen LogP contribution in [0.25, 0.3) is 0 Å². The van der Waals surface area contributed by atoms with E-state index < -0.39 is 0 Å². The molecule has 1 atom stereocenters. The van der Waals surface area contributed by atoms with Crippen molar-refractivity contribution < 1.29 is 19.2 Å². The lowest BCUT2D eigenvalue weighted by atomic mass is 10.1. The van der Waals surface area contributed by atoms with E-state index >= 15 is 0 Å². The summed E-state index contributed by atoms with van der Waals surface area (Å²) in [6, 6.07) is 6.00. The van der Waals surface area contributed by atoms with Crippen LogP contribution in [0.3, 0.4) is 0 Å². The van der Waals surface area contributed by atoms with Gasteiger partial charge in [-0.3, -0.25) is 9.59 Å². The predicted octanol–water partition coefficient (Wildman–Crippen LogP) is -0.729. The molecular weight excluding hydrogens is 282 g/mol. The van der Waals surface area contributed by atoms with Gasteiger partial charge in [-0.05, 0) is 26.0 Å². The van der Waals surface area contributed by atoms with Crippen LogP contribution < -0.4 is 20.3 Å². The minimum Gasteiger partial charge on any atom is -0.496 e. The maximum atomic E-state index is 11.8. The molecule has 1 unspecified atom stereocenters. The van der Waals surface area contributed by atoms with Crippen molar-refractivity contribution in [1.29, 1.82) is 0 Å². The Kier molecular flexibility index (Phi) is 7.39. The van der Waals surface area contributed by atoms with Crippen molar-refractivity contribution in [3.8, 4) is 5.75 Å². The van der Waals surface area contributed by atoms with E-state index in [1.54, 1.807) is 7.11 Å². The first kappa shape index (κ1) is 18.0. The highest BCUT2D eigenvalue weighted by molar-refractivity contribution is 5.84. The van der Waals surface area contributed by atoms with Gasteiger partial charge in [0.1, 0.15) is 12.3 Å². The molecule has 1 aromatic carbocycles. The smallest absolute Gasteiger partial charge is 0.275 e. The molecule has 0 bridgehead atoms. The zero-order valence-electron chi connectivity index (χ0n) is 13.8. The fourth-order valence-electron chi connectivity index (χ4n) is 2.21. The second-order valence-corrected chi connectivity index (χ2v) is 5.36. The van der Waals surface area contributed by atoms with E-state index in [0.29, 0.717) is 19.6 Å². The molecule has 0 aliphatic carbocycles. The standard InChI is InChI=1S/C16H25N3O3/c1-5-17-15(20)9-18-16(21)11-19(3)10-13-8-12(2)6-7-14(13)22-4/h6-8H,5,9-11H2,1-4H3,(H,17,20)(H,18,21)/p+1. The average molecular weight is 308 g/mol. The Balaban J connectivity index is 2.49. The zero-order valence-corrected chi connectivity index (χ0v) is 13.8. The number of benzene rings is 1. The number of quaternary nitrogens is 1. The lowest BCUT2D eigenvalue weighted by Crippen LogP contribution is -3.08. The lowest BCUT2D eigenvalue weighted by molar-refractivity contribution is -0.885. The molecule has 0 spiro atoms. The topological polar surface area (TPSA) is 71.9 Å². The number of methoxy groups -OCH3 is 1. The van der Waals surface area contributed by atoms with E-state index in [9.17, 15) is 9.59 Å². The molecule has 0 aromatic heterocycles. The summed E-state index contributed by atoms with van der Waals surface area (Å²) in [4.78, 5) is 24.2. The average Bonchev–Trinajstić information content (AvgIpc) is 2.45. The molecule has 22 heavy (non-hydrogen) atoms. The predicted molar refractivity (Wildman–Crippen MR) is 84.9 cm³/mol. The van der Waals surface area contributed by atoms with Gasteiger partial charge in [0, 0.05) is 12.1 Å². The van der Waals surface area contributed by atoms with E-state index in [1.165, 1.54) is 0 Å². The van der Waals surface area contributed by atoms with E-state index in [0.717, 1.165) is 21.8 Å². The number of likely N-dealkylation sites (N-methyl/N-ethyl adjacent to an activating group) is 2. The Bertz CT molecular complexity index is 517. The first-order chi connectivity index (χ1) is 10.5. The summed E-state index contributed by atoms with van der Waals surface area (Å²) in [6.45, 7) is 5.43. The summed E-state index contributed by atoms with van der Waals surface area (Å²) in [5, 5.41) is 5.26. The molecule has 3 N–H and O–H groups in total. The van der Waals surface area contributed by atoms with Gasteiger partial charge in [0.2, 0.25) is 5.91 Å². The van der Waals surface area contributed by atoms with Crippen LogP contribution >= 0.6 is 0 Å². The molecule has 6 heteroatoms. The van der Waals surface area contributed by atoms with Crippen LogP contribution in [-0.4, -0.2) is 45.6 Å². The Morgan fingerprint density at radius 3 is 2.59 bits per heavy atom. The highest BCUT2D eigenvalue weighted by Crippen LogP contribution is 2.18. The largest absolute Gasteiger partial charge is 0.496 e. The summed E-state index contributed by atoms with van der Waals surface area (Å²) in [5.74, 6) is 0.511. The number of amides is 2. The first-order valence-electron chi connectivity index (χ1n) is 7.44. The lowest BCUT2D eigenvalue weighted by Gasteiger charge is -2.16. The van der Waals surface area contributed by atoms with Crippen molar-refractivity contribution in [2.75, 3.05) is 33.8 Å². The Morgan fingerprint density at radius 1 is 1.23 bits per heavy atom. The number of ether oxygens (including phenoxy) is 1. The molecule has 0 saturated heterocycles.